The third kappa shape index (κ3) is 3.79. The third-order valence-electron chi connectivity index (χ3n) is 6.58. The van der Waals surface area contributed by atoms with Crippen molar-refractivity contribution in [1.82, 2.24) is 0 Å². The van der Waals surface area contributed by atoms with Crippen LogP contribution in [0.25, 0.3) is 16.7 Å². The van der Waals surface area contributed by atoms with Crippen LogP contribution in [0.1, 0.15) is 47.9 Å². The average molecular weight is 446 g/mol. The van der Waals surface area contributed by atoms with Gasteiger partial charge in [-0.2, -0.15) is 13.2 Å². The van der Waals surface area contributed by atoms with Crippen LogP contribution in [0.4, 0.5) is 13.2 Å². The maximum absolute atomic E-state index is 13.1. The summed E-state index contributed by atoms with van der Waals surface area (Å²) >= 11 is 0. The van der Waals surface area contributed by atoms with Crippen molar-refractivity contribution in [3.63, 3.8) is 0 Å². The SMILES string of the molecule is COC1CCC2(CC1)OC(=O)C(c1cc(C)c(-c3cccc(C(F)(F)F)c3)cc1C)=C2O. The van der Waals surface area contributed by atoms with Crippen LogP contribution >= 0.6 is 0 Å². The molecule has 4 nitrogen and oxygen atoms in total. The lowest BCUT2D eigenvalue weighted by molar-refractivity contribution is -0.152. The molecule has 0 unspecified atom stereocenters. The summed E-state index contributed by atoms with van der Waals surface area (Å²) in [5.41, 5.74) is 1.37. The number of halogens is 3. The summed E-state index contributed by atoms with van der Waals surface area (Å²) in [5, 5.41) is 11.0. The van der Waals surface area contributed by atoms with E-state index in [0.717, 1.165) is 12.1 Å². The van der Waals surface area contributed by atoms with Gasteiger partial charge in [-0.05, 0) is 79.5 Å². The minimum atomic E-state index is -4.43. The Hall–Kier alpha value is -2.80. The normalized spacial score (nSPS) is 23.7. The minimum absolute atomic E-state index is 0.0635. The number of methoxy groups -OCH3 is 1. The van der Waals surface area contributed by atoms with Gasteiger partial charge in [0.05, 0.1) is 11.7 Å². The number of benzene rings is 2. The maximum atomic E-state index is 13.1. The van der Waals surface area contributed by atoms with Crippen LogP contribution in [0.2, 0.25) is 0 Å². The molecule has 0 amide bonds. The smallest absolute Gasteiger partial charge is 0.416 e. The lowest BCUT2D eigenvalue weighted by Gasteiger charge is -2.35. The second-order valence-electron chi connectivity index (χ2n) is 8.60. The molecule has 1 saturated carbocycles. The quantitative estimate of drug-likeness (QED) is 0.575. The van der Waals surface area contributed by atoms with Gasteiger partial charge in [0, 0.05) is 7.11 Å². The monoisotopic (exact) mass is 446 g/mol. The van der Waals surface area contributed by atoms with Crippen LogP contribution in [-0.4, -0.2) is 29.9 Å². The Balaban J connectivity index is 1.74. The van der Waals surface area contributed by atoms with Gasteiger partial charge in [-0.15, -0.1) is 0 Å². The number of hydrogen-bond acceptors (Lipinski definition) is 4. The van der Waals surface area contributed by atoms with Crippen LogP contribution in [0, 0.1) is 13.8 Å². The standard InChI is InChI=1S/C25H25F3O4/c1-14-12-20(15(2)11-19(14)16-5-4-6-17(13-16)25(26,27)28)21-22(29)24(32-23(21)30)9-7-18(31-3)8-10-24/h4-6,11-13,18,29H,7-10H2,1-3H3. The molecule has 0 aromatic heterocycles. The zero-order valence-electron chi connectivity index (χ0n) is 18.2. The molecule has 0 bridgehead atoms. The van der Waals surface area contributed by atoms with Gasteiger partial charge < -0.3 is 14.6 Å². The van der Waals surface area contributed by atoms with E-state index in [1.807, 2.05) is 0 Å². The molecule has 170 valence electrons. The lowest BCUT2D eigenvalue weighted by Crippen LogP contribution is -2.38. The van der Waals surface area contributed by atoms with Crippen molar-refractivity contribution in [2.75, 3.05) is 7.11 Å². The van der Waals surface area contributed by atoms with Crippen molar-refractivity contribution in [2.24, 2.45) is 0 Å². The third-order valence-corrected chi connectivity index (χ3v) is 6.58. The molecule has 7 heteroatoms. The number of hydrogen-bond donors (Lipinski definition) is 1. The van der Waals surface area contributed by atoms with Crippen molar-refractivity contribution in [3.8, 4) is 11.1 Å². The molecule has 1 spiro atoms. The largest absolute Gasteiger partial charge is 0.507 e. The van der Waals surface area contributed by atoms with Gasteiger partial charge in [-0.1, -0.05) is 24.3 Å². The van der Waals surface area contributed by atoms with E-state index < -0.39 is 23.3 Å². The predicted octanol–water partition coefficient (Wildman–Crippen LogP) is 6.14. The van der Waals surface area contributed by atoms with Crippen LogP contribution in [0.5, 0.6) is 0 Å². The number of carbonyl (C=O) groups is 1. The van der Waals surface area contributed by atoms with E-state index in [0.29, 0.717) is 53.5 Å². The molecule has 4 rings (SSSR count). The van der Waals surface area contributed by atoms with E-state index in [2.05, 4.69) is 0 Å². The average Bonchev–Trinajstić information content (AvgIpc) is 2.99. The molecule has 1 fully saturated rings. The molecular weight excluding hydrogens is 421 g/mol. The van der Waals surface area contributed by atoms with Crippen molar-refractivity contribution in [3.05, 3.63) is 64.4 Å². The van der Waals surface area contributed by atoms with E-state index in [1.165, 1.54) is 6.07 Å². The summed E-state index contributed by atoms with van der Waals surface area (Å²) in [7, 11) is 1.64. The molecular formula is C25H25F3O4. The fourth-order valence-electron chi connectivity index (χ4n) is 4.73. The molecule has 1 aliphatic carbocycles. The van der Waals surface area contributed by atoms with Gasteiger partial charge in [-0.25, -0.2) is 4.79 Å². The maximum Gasteiger partial charge on any atom is 0.416 e. The Morgan fingerprint density at radius 2 is 1.69 bits per heavy atom. The van der Waals surface area contributed by atoms with E-state index in [1.54, 1.807) is 39.2 Å². The number of aryl methyl sites for hydroxylation is 2. The van der Waals surface area contributed by atoms with E-state index >= 15 is 0 Å². The van der Waals surface area contributed by atoms with E-state index in [-0.39, 0.29) is 17.4 Å². The van der Waals surface area contributed by atoms with Crippen LogP contribution in [0.15, 0.2) is 42.2 Å². The number of aliphatic hydroxyl groups is 1. The topological polar surface area (TPSA) is 55.8 Å². The van der Waals surface area contributed by atoms with E-state index in [4.69, 9.17) is 9.47 Å². The number of rotatable bonds is 3. The van der Waals surface area contributed by atoms with Crippen LogP contribution in [-0.2, 0) is 20.4 Å². The highest BCUT2D eigenvalue weighted by Crippen LogP contribution is 2.46. The van der Waals surface area contributed by atoms with E-state index in [9.17, 15) is 23.1 Å². The van der Waals surface area contributed by atoms with Crippen molar-refractivity contribution < 1.29 is 32.5 Å². The van der Waals surface area contributed by atoms with Gasteiger partial charge in [0.15, 0.2) is 11.4 Å². The van der Waals surface area contributed by atoms with Gasteiger partial charge in [-0.3, -0.25) is 0 Å². The molecule has 0 radical (unpaired) electrons. The molecule has 1 aliphatic heterocycles. The number of alkyl halides is 3. The highest BCUT2D eigenvalue weighted by molar-refractivity contribution is 6.20. The summed E-state index contributed by atoms with van der Waals surface area (Å²) in [6.45, 7) is 3.54. The Labute approximate surface area is 184 Å². The van der Waals surface area contributed by atoms with Crippen molar-refractivity contribution in [1.29, 1.82) is 0 Å². The fraction of sp³-hybridized carbons (Fsp3) is 0.400. The summed E-state index contributed by atoms with van der Waals surface area (Å²) < 4.78 is 50.5. The number of aliphatic hydroxyl groups excluding tert-OH is 1. The zero-order chi connectivity index (χ0) is 23.3. The molecule has 2 aromatic rings. The summed E-state index contributed by atoms with van der Waals surface area (Å²) in [6.07, 6.45) is -2.05. The molecule has 32 heavy (non-hydrogen) atoms. The molecule has 0 atom stereocenters. The molecule has 0 saturated heterocycles. The Morgan fingerprint density at radius 1 is 1.06 bits per heavy atom. The highest BCUT2D eigenvalue weighted by Gasteiger charge is 2.50. The Morgan fingerprint density at radius 3 is 2.31 bits per heavy atom. The lowest BCUT2D eigenvalue weighted by atomic mass is 9.80. The summed E-state index contributed by atoms with van der Waals surface area (Å²) in [4.78, 5) is 12.8. The van der Waals surface area contributed by atoms with Crippen molar-refractivity contribution in [2.45, 2.75) is 57.4 Å². The van der Waals surface area contributed by atoms with Crippen LogP contribution < -0.4 is 0 Å². The summed E-state index contributed by atoms with van der Waals surface area (Å²) in [5.74, 6) is -0.640. The molecule has 1 N–H and O–H groups in total. The first kappa shape index (κ1) is 22.4. The first-order valence-electron chi connectivity index (χ1n) is 10.5. The van der Waals surface area contributed by atoms with Crippen LogP contribution in [0.3, 0.4) is 0 Å². The first-order chi connectivity index (χ1) is 15.1. The zero-order valence-corrected chi connectivity index (χ0v) is 18.2. The number of esters is 1. The number of ether oxygens (including phenoxy) is 2. The molecule has 2 aromatic carbocycles. The predicted molar refractivity (Wildman–Crippen MR) is 114 cm³/mol. The molecule has 2 aliphatic rings. The Bertz CT molecular complexity index is 1090. The minimum Gasteiger partial charge on any atom is -0.507 e. The Kier molecular flexibility index (Phi) is 5.57. The van der Waals surface area contributed by atoms with Gasteiger partial charge in [0.25, 0.3) is 0 Å². The summed E-state index contributed by atoms with van der Waals surface area (Å²) in [6, 6.07) is 8.64. The van der Waals surface area contributed by atoms with Gasteiger partial charge in [0.2, 0.25) is 0 Å². The van der Waals surface area contributed by atoms with Gasteiger partial charge in [0.1, 0.15) is 5.57 Å². The fourth-order valence-corrected chi connectivity index (χ4v) is 4.73. The first-order valence-corrected chi connectivity index (χ1v) is 10.5. The number of carbonyl (C=O) groups excluding carboxylic acids is 1. The highest BCUT2D eigenvalue weighted by atomic mass is 19.4. The van der Waals surface area contributed by atoms with Gasteiger partial charge >= 0.3 is 12.1 Å². The second-order valence-corrected chi connectivity index (χ2v) is 8.60. The molecule has 1 heterocycles. The van der Waals surface area contributed by atoms with Crippen molar-refractivity contribution >= 4 is 11.5 Å². The second kappa shape index (κ2) is 7.96.